The number of halogens is 1. The lowest BCUT2D eigenvalue weighted by Crippen LogP contribution is -2.14. The topological polar surface area (TPSA) is 26.2 Å². The van der Waals surface area contributed by atoms with Crippen LogP contribution in [0.4, 0.5) is 0 Å². The summed E-state index contributed by atoms with van der Waals surface area (Å²) in [7, 11) is 0. The Morgan fingerprint density at radius 3 is 2.42 bits per heavy atom. The third-order valence-corrected chi connectivity index (χ3v) is 4.32. The predicted octanol–water partition coefficient (Wildman–Crippen LogP) is 4.97. The van der Waals surface area contributed by atoms with Crippen molar-refractivity contribution in [1.82, 2.24) is 10.0 Å². The summed E-state index contributed by atoms with van der Waals surface area (Å²) in [6, 6.07) is 20.2. The molecule has 0 bridgehead atoms. The molecule has 1 aromatic heterocycles. The molecule has 0 saturated heterocycles. The number of hydrogen-bond acceptors (Lipinski definition) is 2. The average molecular weight is 341 g/mol. The van der Waals surface area contributed by atoms with Crippen LogP contribution in [0, 0.1) is 13.8 Å². The molecule has 0 aliphatic rings. The number of hydroxylamine groups is 1. The van der Waals surface area contributed by atoms with Crippen LogP contribution in [-0.4, -0.2) is 4.57 Å². The van der Waals surface area contributed by atoms with Crippen LogP contribution < -0.4 is 5.48 Å². The first kappa shape index (κ1) is 16.8. The highest BCUT2D eigenvalue weighted by Gasteiger charge is 2.10. The van der Waals surface area contributed by atoms with Crippen molar-refractivity contribution in [2.75, 3.05) is 0 Å². The lowest BCUT2D eigenvalue weighted by molar-refractivity contribution is 0.0234. The summed E-state index contributed by atoms with van der Waals surface area (Å²) in [6.45, 7) is 5.45. The van der Waals surface area contributed by atoms with Crippen molar-refractivity contribution in [1.29, 1.82) is 0 Å². The summed E-state index contributed by atoms with van der Waals surface area (Å²) in [5.74, 6) is 0. The van der Waals surface area contributed by atoms with E-state index >= 15 is 0 Å². The molecular formula is C20H21ClN2O. The highest BCUT2D eigenvalue weighted by Crippen LogP contribution is 2.22. The van der Waals surface area contributed by atoms with Crippen LogP contribution in [0.3, 0.4) is 0 Å². The fraction of sp³-hybridized carbons (Fsp3) is 0.200. The molecule has 0 saturated carbocycles. The van der Waals surface area contributed by atoms with Crippen molar-refractivity contribution in [3.05, 3.63) is 88.2 Å². The number of nitrogens with one attached hydrogen (secondary N) is 1. The molecule has 0 aliphatic heterocycles. The largest absolute Gasteiger partial charge is 0.318 e. The van der Waals surface area contributed by atoms with Crippen LogP contribution in [0.5, 0.6) is 0 Å². The molecule has 0 aliphatic carbocycles. The standard InChI is InChI=1S/C20H21ClN2O/c1-15-12-18(13-22-24-14-17-6-4-3-5-7-17)16(2)23(15)20-10-8-19(21)9-11-20/h3-12,22H,13-14H2,1-2H3. The quantitative estimate of drug-likeness (QED) is 0.506. The Hall–Kier alpha value is -2.07. The number of nitrogens with zero attached hydrogens (tertiary/aromatic N) is 1. The van der Waals surface area contributed by atoms with Crippen molar-refractivity contribution in [3.63, 3.8) is 0 Å². The lowest BCUT2D eigenvalue weighted by Gasteiger charge is -2.10. The molecule has 1 heterocycles. The molecule has 3 nitrogen and oxygen atoms in total. The predicted molar refractivity (Wildman–Crippen MR) is 98.3 cm³/mol. The maximum Gasteiger partial charge on any atom is 0.0933 e. The van der Waals surface area contributed by atoms with Gasteiger partial charge in [-0.05, 0) is 55.3 Å². The Bertz CT molecular complexity index is 795. The van der Waals surface area contributed by atoms with E-state index in [0.717, 1.165) is 16.3 Å². The third-order valence-electron chi connectivity index (χ3n) is 4.07. The first-order valence-corrected chi connectivity index (χ1v) is 8.35. The summed E-state index contributed by atoms with van der Waals surface area (Å²) in [6.07, 6.45) is 0. The fourth-order valence-corrected chi connectivity index (χ4v) is 2.96. The van der Waals surface area contributed by atoms with E-state index in [1.54, 1.807) is 0 Å². The Morgan fingerprint density at radius 1 is 1.00 bits per heavy atom. The zero-order valence-corrected chi connectivity index (χ0v) is 14.7. The van der Waals surface area contributed by atoms with Crippen LogP contribution in [0.2, 0.25) is 5.02 Å². The van der Waals surface area contributed by atoms with Gasteiger partial charge >= 0.3 is 0 Å². The molecule has 0 radical (unpaired) electrons. The summed E-state index contributed by atoms with van der Waals surface area (Å²) in [5.41, 5.74) is 8.93. The maximum atomic E-state index is 5.98. The molecule has 0 spiro atoms. The van der Waals surface area contributed by atoms with E-state index in [0.29, 0.717) is 13.2 Å². The zero-order valence-electron chi connectivity index (χ0n) is 13.9. The molecule has 24 heavy (non-hydrogen) atoms. The highest BCUT2D eigenvalue weighted by atomic mass is 35.5. The van der Waals surface area contributed by atoms with Gasteiger partial charge in [0, 0.05) is 28.6 Å². The van der Waals surface area contributed by atoms with E-state index in [2.05, 4.69) is 30.0 Å². The Labute approximate surface area is 147 Å². The van der Waals surface area contributed by atoms with Crippen LogP contribution in [0.25, 0.3) is 5.69 Å². The van der Waals surface area contributed by atoms with E-state index in [-0.39, 0.29) is 0 Å². The van der Waals surface area contributed by atoms with Gasteiger partial charge in [0.2, 0.25) is 0 Å². The normalized spacial score (nSPS) is 11.0. The van der Waals surface area contributed by atoms with Gasteiger partial charge in [0.1, 0.15) is 0 Å². The average Bonchev–Trinajstić information content (AvgIpc) is 2.88. The van der Waals surface area contributed by atoms with Gasteiger partial charge in [0.15, 0.2) is 0 Å². The minimum atomic E-state index is 0.552. The third kappa shape index (κ3) is 3.88. The highest BCUT2D eigenvalue weighted by molar-refractivity contribution is 6.30. The molecular weight excluding hydrogens is 320 g/mol. The van der Waals surface area contributed by atoms with Gasteiger partial charge in [-0.25, -0.2) is 0 Å². The lowest BCUT2D eigenvalue weighted by atomic mass is 10.2. The van der Waals surface area contributed by atoms with Crippen molar-refractivity contribution >= 4 is 11.6 Å². The van der Waals surface area contributed by atoms with E-state index in [9.17, 15) is 0 Å². The van der Waals surface area contributed by atoms with Crippen molar-refractivity contribution in [3.8, 4) is 5.69 Å². The summed E-state index contributed by atoms with van der Waals surface area (Å²) >= 11 is 5.98. The smallest absolute Gasteiger partial charge is 0.0933 e. The Morgan fingerprint density at radius 2 is 1.71 bits per heavy atom. The van der Waals surface area contributed by atoms with Crippen LogP contribution in [0.1, 0.15) is 22.5 Å². The maximum absolute atomic E-state index is 5.98. The molecule has 3 aromatic rings. The van der Waals surface area contributed by atoms with Crippen molar-refractivity contribution in [2.24, 2.45) is 0 Å². The molecule has 0 atom stereocenters. The van der Waals surface area contributed by atoms with Gasteiger partial charge in [0.25, 0.3) is 0 Å². The second-order valence-corrected chi connectivity index (χ2v) is 6.24. The van der Waals surface area contributed by atoms with Gasteiger partial charge in [-0.1, -0.05) is 41.9 Å². The van der Waals surface area contributed by atoms with Gasteiger partial charge in [0.05, 0.1) is 6.61 Å². The molecule has 3 rings (SSSR count). The number of aromatic nitrogens is 1. The first-order chi connectivity index (χ1) is 11.6. The SMILES string of the molecule is Cc1cc(CNOCc2ccccc2)c(C)n1-c1ccc(Cl)cc1. The summed E-state index contributed by atoms with van der Waals surface area (Å²) in [5, 5.41) is 0.748. The molecule has 2 aromatic carbocycles. The van der Waals surface area contributed by atoms with E-state index in [1.165, 1.54) is 17.0 Å². The van der Waals surface area contributed by atoms with Crippen LogP contribution in [0.15, 0.2) is 60.7 Å². The van der Waals surface area contributed by atoms with Crippen LogP contribution >= 0.6 is 11.6 Å². The molecule has 124 valence electrons. The van der Waals surface area contributed by atoms with Crippen molar-refractivity contribution in [2.45, 2.75) is 27.0 Å². The second kappa shape index (κ2) is 7.67. The number of hydrogen-bond donors (Lipinski definition) is 1. The van der Waals surface area contributed by atoms with Crippen molar-refractivity contribution < 1.29 is 4.84 Å². The molecule has 0 unspecified atom stereocenters. The minimum absolute atomic E-state index is 0.552. The second-order valence-electron chi connectivity index (χ2n) is 5.80. The van der Waals surface area contributed by atoms with Gasteiger partial charge < -0.3 is 4.57 Å². The first-order valence-electron chi connectivity index (χ1n) is 7.97. The number of rotatable bonds is 6. The van der Waals surface area contributed by atoms with E-state index in [4.69, 9.17) is 16.4 Å². The summed E-state index contributed by atoms with van der Waals surface area (Å²) < 4.78 is 2.23. The molecule has 4 heteroatoms. The zero-order chi connectivity index (χ0) is 16.9. The Kier molecular flexibility index (Phi) is 5.36. The number of benzene rings is 2. The Balaban J connectivity index is 1.64. The molecule has 0 amide bonds. The van der Waals surface area contributed by atoms with E-state index < -0.39 is 0 Å². The molecule has 1 N–H and O–H groups in total. The van der Waals surface area contributed by atoms with E-state index in [1.807, 2.05) is 54.6 Å². The monoisotopic (exact) mass is 340 g/mol. The fourth-order valence-electron chi connectivity index (χ4n) is 2.83. The van der Waals surface area contributed by atoms with Crippen LogP contribution in [-0.2, 0) is 18.0 Å². The number of aryl methyl sites for hydroxylation is 1. The van der Waals surface area contributed by atoms with Gasteiger partial charge in [-0.3, -0.25) is 4.84 Å². The summed E-state index contributed by atoms with van der Waals surface area (Å²) in [4.78, 5) is 5.57. The van der Waals surface area contributed by atoms with Gasteiger partial charge in [-0.15, -0.1) is 0 Å². The van der Waals surface area contributed by atoms with Gasteiger partial charge in [-0.2, -0.15) is 5.48 Å². The molecule has 0 fully saturated rings. The minimum Gasteiger partial charge on any atom is -0.318 e.